The van der Waals surface area contributed by atoms with Crippen LogP contribution in [-0.4, -0.2) is 14.5 Å². The lowest BCUT2D eigenvalue weighted by Gasteiger charge is -2.18. The van der Waals surface area contributed by atoms with E-state index in [0.29, 0.717) is 5.92 Å². The Morgan fingerprint density at radius 3 is 2.52 bits per heavy atom. The van der Waals surface area contributed by atoms with Crippen molar-refractivity contribution in [3.05, 3.63) is 63.3 Å². The summed E-state index contributed by atoms with van der Waals surface area (Å²) in [4.78, 5) is 20.8. The molecule has 0 aliphatic heterocycles. The average Bonchev–Trinajstić information content (AvgIpc) is 3.23. The van der Waals surface area contributed by atoms with Crippen molar-refractivity contribution < 1.29 is 0 Å². The van der Waals surface area contributed by atoms with Crippen LogP contribution in [-0.2, 0) is 0 Å². The number of nitrogens with zero attached hydrogens (tertiary/aromatic N) is 2. The number of aromatic nitrogens is 3. The molecule has 1 atom stereocenters. The lowest BCUT2D eigenvalue weighted by atomic mass is 10.1. The third kappa shape index (κ3) is 2.60. The number of aromatic amines is 1. The van der Waals surface area contributed by atoms with Crippen molar-refractivity contribution in [2.45, 2.75) is 58.4 Å². The summed E-state index contributed by atoms with van der Waals surface area (Å²) in [5.41, 5.74) is 4.22. The van der Waals surface area contributed by atoms with E-state index < -0.39 is 0 Å². The van der Waals surface area contributed by atoms with Crippen molar-refractivity contribution >= 4 is 11.0 Å². The number of H-pyrrole nitrogens is 1. The SMILES string of the molecule is Cc1c(C)n(C(C)c2ccccc2)c2nc(C3CCCC3)[nH]c(=O)c12. The topological polar surface area (TPSA) is 50.7 Å². The molecule has 1 aromatic carbocycles. The Morgan fingerprint density at radius 2 is 1.84 bits per heavy atom. The van der Waals surface area contributed by atoms with Crippen LogP contribution in [0.3, 0.4) is 0 Å². The maximum absolute atomic E-state index is 12.8. The van der Waals surface area contributed by atoms with E-state index in [1.54, 1.807) is 0 Å². The second kappa shape index (κ2) is 6.17. The minimum absolute atomic E-state index is 0.00603. The van der Waals surface area contributed by atoms with Gasteiger partial charge in [-0.1, -0.05) is 43.2 Å². The van der Waals surface area contributed by atoms with Gasteiger partial charge in [-0.3, -0.25) is 4.79 Å². The number of benzene rings is 1. The van der Waals surface area contributed by atoms with Crippen LogP contribution in [0, 0.1) is 13.8 Å². The normalized spacial score (nSPS) is 16.6. The van der Waals surface area contributed by atoms with Gasteiger partial charge in [-0.05, 0) is 44.7 Å². The van der Waals surface area contributed by atoms with Crippen molar-refractivity contribution in [3.63, 3.8) is 0 Å². The first kappa shape index (κ1) is 16.1. The van der Waals surface area contributed by atoms with Crippen molar-refractivity contribution in [3.8, 4) is 0 Å². The summed E-state index contributed by atoms with van der Waals surface area (Å²) in [5.74, 6) is 1.27. The molecule has 0 saturated heterocycles. The number of rotatable bonds is 3. The molecule has 0 spiro atoms. The molecule has 1 saturated carbocycles. The molecule has 0 amide bonds. The molecule has 0 radical (unpaired) electrons. The number of aryl methyl sites for hydroxylation is 1. The number of hydrogen-bond donors (Lipinski definition) is 1. The largest absolute Gasteiger partial charge is 0.322 e. The molecule has 4 heteroatoms. The zero-order valence-corrected chi connectivity index (χ0v) is 15.2. The lowest BCUT2D eigenvalue weighted by Crippen LogP contribution is -2.16. The summed E-state index contributed by atoms with van der Waals surface area (Å²) in [6.45, 7) is 6.29. The fourth-order valence-electron chi connectivity index (χ4n) is 4.26. The molecular weight excluding hydrogens is 310 g/mol. The third-order valence-corrected chi connectivity index (χ3v) is 5.84. The van der Waals surface area contributed by atoms with Crippen molar-refractivity contribution in [2.24, 2.45) is 0 Å². The molecule has 4 rings (SSSR count). The van der Waals surface area contributed by atoms with Gasteiger partial charge < -0.3 is 9.55 Å². The van der Waals surface area contributed by atoms with E-state index in [9.17, 15) is 4.79 Å². The van der Waals surface area contributed by atoms with E-state index in [4.69, 9.17) is 4.98 Å². The lowest BCUT2D eigenvalue weighted by molar-refractivity contribution is 0.627. The van der Waals surface area contributed by atoms with Crippen LogP contribution in [0.15, 0.2) is 35.1 Å². The van der Waals surface area contributed by atoms with Crippen LogP contribution >= 0.6 is 0 Å². The molecule has 0 bridgehead atoms. The highest BCUT2D eigenvalue weighted by atomic mass is 16.1. The number of fused-ring (bicyclic) bond motifs is 1. The highest BCUT2D eigenvalue weighted by Gasteiger charge is 2.24. The second-order valence-corrected chi connectivity index (χ2v) is 7.30. The molecule has 1 unspecified atom stereocenters. The molecule has 1 fully saturated rings. The highest BCUT2D eigenvalue weighted by Crippen LogP contribution is 2.34. The van der Waals surface area contributed by atoms with Crippen LogP contribution in [0.1, 0.15) is 67.2 Å². The van der Waals surface area contributed by atoms with E-state index in [1.165, 1.54) is 18.4 Å². The van der Waals surface area contributed by atoms with E-state index >= 15 is 0 Å². The fraction of sp³-hybridized carbons (Fsp3) is 0.429. The molecular formula is C21H25N3O. The standard InChI is InChI=1S/C21H25N3O/c1-13-14(2)24(15(3)16-9-5-4-6-10-16)20-18(13)21(25)23-19(22-20)17-11-7-8-12-17/h4-6,9-10,15,17H,7-8,11-12H2,1-3H3,(H,22,23,25). The van der Waals surface area contributed by atoms with Crippen molar-refractivity contribution in [1.29, 1.82) is 0 Å². The third-order valence-electron chi connectivity index (χ3n) is 5.84. The Balaban J connectivity index is 1.94. The Labute approximate surface area is 147 Å². The smallest absolute Gasteiger partial charge is 0.260 e. The minimum Gasteiger partial charge on any atom is -0.322 e. The van der Waals surface area contributed by atoms with Gasteiger partial charge in [-0.15, -0.1) is 0 Å². The number of nitrogens with one attached hydrogen (secondary N) is 1. The van der Waals surface area contributed by atoms with Crippen molar-refractivity contribution in [2.75, 3.05) is 0 Å². The van der Waals surface area contributed by atoms with E-state index in [1.807, 2.05) is 13.0 Å². The van der Waals surface area contributed by atoms with E-state index in [-0.39, 0.29) is 11.6 Å². The summed E-state index contributed by atoms with van der Waals surface area (Å²) in [6, 6.07) is 10.6. The summed E-state index contributed by atoms with van der Waals surface area (Å²) >= 11 is 0. The molecule has 25 heavy (non-hydrogen) atoms. The summed E-state index contributed by atoms with van der Waals surface area (Å²) in [5, 5.41) is 0.738. The molecule has 130 valence electrons. The van der Waals surface area contributed by atoms with Gasteiger partial charge in [0.15, 0.2) is 0 Å². The van der Waals surface area contributed by atoms with Crippen LogP contribution in [0.2, 0.25) is 0 Å². The van der Waals surface area contributed by atoms with Crippen LogP contribution in [0.5, 0.6) is 0 Å². The maximum atomic E-state index is 12.8. The fourth-order valence-corrected chi connectivity index (χ4v) is 4.26. The molecule has 1 N–H and O–H groups in total. The van der Waals surface area contributed by atoms with Gasteiger partial charge in [0.25, 0.3) is 5.56 Å². The number of hydrogen-bond acceptors (Lipinski definition) is 2. The van der Waals surface area contributed by atoms with Gasteiger partial charge in [0, 0.05) is 11.6 Å². The quantitative estimate of drug-likeness (QED) is 0.760. The van der Waals surface area contributed by atoms with Crippen LogP contribution in [0.25, 0.3) is 11.0 Å². The summed E-state index contributed by atoms with van der Waals surface area (Å²) in [6.07, 6.45) is 4.71. The summed E-state index contributed by atoms with van der Waals surface area (Å²) in [7, 11) is 0. The predicted molar refractivity (Wildman–Crippen MR) is 101 cm³/mol. The summed E-state index contributed by atoms with van der Waals surface area (Å²) < 4.78 is 2.23. The monoisotopic (exact) mass is 335 g/mol. The predicted octanol–water partition coefficient (Wildman–Crippen LogP) is 4.61. The van der Waals surface area contributed by atoms with Gasteiger partial charge in [0.05, 0.1) is 11.4 Å². The van der Waals surface area contributed by atoms with Gasteiger partial charge in [0.1, 0.15) is 11.5 Å². The van der Waals surface area contributed by atoms with E-state index in [0.717, 1.165) is 41.0 Å². The molecule has 1 aliphatic rings. The van der Waals surface area contributed by atoms with Crippen molar-refractivity contribution in [1.82, 2.24) is 14.5 Å². The maximum Gasteiger partial charge on any atom is 0.260 e. The van der Waals surface area contributed by atoms with Crippen LogP contribution in [0.4, 0.5) is 0 Å². The second-order valence-electron chi connectivity index (χ2n) is 7.30. The molecule has 4 nitrogen and oxygen atoms in total. The van der Waals surface area contributed by atoms with Gasteiger partial charge >= 0.3 is 0 Å². The highest BCUT2D eigenvalue weighted by molar-refractivity contribution is 5.81. The zero-order valence-electron chi connectivity index (χ0n) is 15.2. The molecule has 2 aromatic heterocycles. The Kier molecular flexibility index (Phi) is 3.98. The first-order valence-electron chi connectivity index (χ1n) is 9.24. The minimum atomic E-state index is 0.00603. The Morgan fingerprint density at radius 1 is 1.16 bits per heavy atom. The first-order valence-corrected chi connectivity index (χ1v) is 9.24. The van der Waals surface area contributed by atoms with Gasteiger partial charge in [0.2, 0.25) is 0 Å². The van der Waals surface area contributed by atoms with Crippen LogP contribution < -0.4 is 5.56 Å². The molecule has 3 aromatic rings. The zero-order chi connectivity index (χ0) is 17.6. The first-order chi connectivity index (χ1) is 12.1. The Hall–Kier alpha value is -2.36. The molecule has 2 heterocycles. The van der Waals surface area contributed by atoms with Gasteiger partial charge in [-0.25, -0.2) is 4.98 Å². The average molecular weight is 335 g/mol. The van der Waals surface area contributed by atoms with E-state index in [2.05, 4.69) is 47.7 Å². The Bertz CT molecular complexity index is 962. The molecule has 1 aliphatic carbocycles. The van der Waals surface area contributed by atoms with Gasteiger partial charge in [-0.2, -0.15) is 0 Å².